The van der Waals surface area contributed by atoms with Crippen LogP contribution < -0.4 is 18.9 Å². The van der Waals surface area contributed by atoms with E-state index in [1.807, 2.05) is 23.1 Å². The molecule has 1 amide bonds. The molecule has 3 aliphatic rings. The topological polar surface area (TPSA) is 69.7 Å². The third-order valence-electron chi connectivity index (χ3n) is 5.54. The minimum atomic E-state index is -0.0573. The number of carbonyl (C=O) groups excluding carboxylic acids is 1. The second-order valence-electron chi connectivity index (χ2n) is 7.40. The molecule has 0 N–H and O–H groups in total. The van der Waals surface area contributed by atoms with Crippen molar-refractivity contribution in [2.24, 2.45) is 0 Å². The lowest BCUT2D eigenvalue weighted by atomic mass is 10.1. The fourth-order valence-electron chi connectivity index (χ4n) is 3.87. The van der Waals surface area contributed by atoms with Crippen LogP contribution in [0.2, 0.25) is 0 Å². The second kappa shape index (κ2) is 8.41. The Morgan fingerprint density at radius 3 is 2.63 bits per heavy atom. The number of nitrogens with zero attached hydrogens (tertiary/aromatic N) is 2. The molecule has 0 unspecified atom stereocenters. The van der Waals surface area contributed by atoms with E-state index in [4.69, 9.17) is 23.7 Å². The van der Waals surface area contributed by atoms with Gasteiger partial charge in [-0.3, -0.25) is 9.69 Å². The van der Waals surface area contributed by atoms with Crippen LogP contribution in [0.25, 0.3) is 0 Å². The van der Waals surface area contributed by atoms with Crippen LogP contribution in [0.15, 0.2) is 36.4 Å². The number of ether oxygens (including phenoxy) is 5. The van der Waals surface area contributed by atoms with Crippen LogP contribution in [-0.4, -0.2) is 68.7 Å². The largest absolute Gasteiger partial charge is 0.454 e. The summed E-state index contributed by atoms with van der Waals surface area (Å²) in [7, 11) is 0. The highest BCUT2D eigenvalue weighted by atomic mass is 16.7. The van der Waals surface area contributed by atoms with Crippen LogP contribution in [0.3, 0.4) is 0 Å². The number of amides is 1. The molecule has 5 rings (SSSR count). The second-order valence-corrected chi connectivity index (χ2v) is 7.40. The van der Waals surface area contributed by atoms with E-state index in [2.05, 4.69) is 4.90 Å². The first-order chi connectivity index (χ1) is 14.8. The highest BCUT2D eigenvalue weighted by Crippen LogP contribution is 2.36. The predicted octanol–water partition coefficient (Wildman–Crippen LogP) is 2.12. The Kier molecular flexibility index (Phi) is 5.33. The first kappa shape index (κ1) is 19.0. The molecular weight excluding hydrogens is 388 g/mol. The number of hydrogen-bond acceptors (Lipinski definition) is 7. The fourth-order valence-corrected chi connectivity index (χ4v) is 3.87. The Bertz CT molecular complexity index is 928. The summed E-state index contributed by atoms with van der Waals surface area (Å²) in [6.07, 6.45) is 0. The zero-order valence-electron chi connectivity index (χ0n) is 16.7. The van der Waals surface area contributed by atoms with Crippen LogP contribution in [0.1, 0.15) is 15.9 Å². The average molecular weight is 412 g/mol. The third-order valence-corrected chi connectivity index (χ3v) is 5.54. The van der Waals surface area contributed by atoms with Crippen LogP contribution in [-0.2, 0) is 11.3 Å². The van der Waals surface area contributed by atoms with Crippen molar-refractivity contribution in [3.63, 3.8) is 0 Å². The molecule has 0 radical (unpaired) electrons. The molecular formula is C22H24N2O6. The molecule has 0 saturated carbocycles. The Hall–Kier alpha value is -2.97. The molecule has 30 heavy (non-hydrogen) atoms. The van der Waals surface area contributed by atoms with Crippen molar-refractivity contribution in [3.05, 3.63) is 47.5 Å². The van der Waals surface area contributed by atoms with Crippen molar-refractivity contribution < 1.29 is 28.5 Å². The van der Waals surface area contributed by atoms with Gasteiger partial charge >= 0.3 is 0 Å². The molecule has 0 atom stereocenters. The number of fused-ring (bicyclic) bond motifs is 2. The van der Waals surface area contributed by atoms with E-state index in [-0.39, 0.29) is 19.5 Å². The maximum atomic E-state index is 13.4. The van der Waals surface area contributed by atoms with Crippen molar-refractivity contribution in [1.82, 2.24) is 9.80 Å². The van der Waals surface area contributed by atoms with Gasteiger partial charge in [0, 0.05) is 43.9 Å². The normalized spacial score (nSPS) is 17.2. The van der Waals surface area contributed by atoms with Gasteiger partial charge in [0.25, 0.3) is 5.91 Å². The minimum absolute atomic E-state index is 0.0573. The molecule has 3 heterocycles. The summed E-state index contributed by atoms with van der Waals surface area (Å²) in [6.45, 7) is 5.42. The average Bonchev–Trinajstić information content (AvgIpc) is 3.46. The molecule has 3 aliphatic heterocycles. The Balaban J connectivity index is 1.37. The molecule has 0 bridgehead atoms. The lowest BCUT2D eigenvalue weighted by Crippen LogP contribution is -2.43. The van der Waals surface area contributed by atoms with Gasteiger partial charge in [0.1, 0.15) is 0 Å². The maximum absolute atomic E-state index is 13.4. The van der Waals surface area contributed by atoms with Gasteiger partial charge in [0.2, 0.25) is 13.6 Å². The van der Waals surface area contributed by atoms with Crippen molar-refractivity contribution in [1.29, 1.82) is 0 Å². The fraction of sp³-hybridized carbons (Fsp3) is 0.409. The third kappa shape index (κ3) is 3.88. The van der Waals surface area contributed by atoms with E-state index in [1.165, 1.54) is 0 Å². The van der Waals surface area contributed by atoms with Crippen molar-refractivity contribution in [2.45, 2.75) is 6.54 Å². The predicted molar refractivity (Wildman–Crippen MR) is 107 cm³/mol. The van der Waals surface area contributed by atoms with Gasteiger partial charge in [-0.1, -0.05) is 12.1 Å². The van der Waals surface area contributed by atoms with Gasteiger partial charge in [0.05, 0.1) is 13.2 Å². The van der Waals surface area contributed by atoms with Crippen molar-refractivity contribution in [3.8, 4) is 23.0 Å². The summed E-state index contributed by atoms with van der Waals surface area (Å²) in [5.74, 6) is 2.64. The van der Waals surface area contributed by atoms with Crippen LogP contribution in [0, 0.1) is 0 Å². The molecule has 0 aromatic heterocycles. The molecule has 2 aromatic carbocycles. The van der Waals surface area contributed by atoms with E-state index < -0.39 is 0 Å². The quantitative estimate of drug-likeness (QED) is 0.720. The van der Waals surface area contributed by atoms with Crippen LogP contribution >= 0.6 is 0 Å². The molecule has 8 nitrogen and oxygen atoms in total. The number of carbonyl (C=O) groups is 1. The van der Waals surface area contributed by atoms with Gasteiger partial charge in [-0.05, 0) is 24.3 Å². The summed E-state index contributed by atoms with van der Waals surface area (Å²) in [5, 5.41) is 0. The summed E-state index contributed by atoms with van der Waals surface area (Å²) in [4.78, 5) is 17.6. The lowest BCUT2D eigenvalue weighted by Gasteiger charge is -2.30. The van der Waals surface area contributed by atoms with E-state index in [0.717, 1.165) is 44.2 Å². The number of rotatable bonds is 6. The lowest BCUT2D eigenvalue weighted by molar-refractivity contribution is 0.0320. The first-order valence-electron chi connectivity index (χ1n) is 10.1. The number of morpholine rings is 1. The summed E-state index contributed by atoms with van der Waals surface area (Å²) < 4.78 is 27.4. The highest BCUT2D eigenvalue weighted by Gasteiger charge is 2.24. The van der Waals surface area contributed by atoms with E-state index in [0.29, 0.717) is 35.9 Å². The Labute approximate surface area is 174 Å². The zero-order chi connectivity index (χ0) is 20.3. The van der Waals surface area contributed by atoms with Crippen molar-refractivity contribution >= 4 is 5.91 Å². The van der Waals surface area contributed by atoms with E-state index in [1.54, 1.807) is 18.2 Å². The van der Waals surface area contributed by atoms with Gasteiger partial charge in [-0.15, -0.1) is 0 Å². The van der Waals surface area contributed by atoms with Gasteiger partial charge in [-0.2, -0.15) is 0 Å². The number of benzene rings is 2. The molecule has 0 aliphatic carbocycles. The number of para-hydroxylation sites is 1. The summed E-state index contributed by atoms with van der Waals surface area (Å²) in [5.41, 5.74) is 1.51. The Morgan fingerprint density at radius 1 is 0.933 bits per heavy atom. The molecule has 1 saturated heterocycles. The highest BCUT2D eigenvalue weighted by molar-refractivity contribution is 5.95. The molecule has 0 spiro atoms. The zero-order valence-corrected chi connectivity index (χ0v) is 16.7. The monoisotopic (exact) mass is 412 g/mol. The Morgan fingerprint density at radius 2 is 1.73 bits per heavy atom. The maximum Gasteiger partial charge on any atom is 0.254 e. The van der Waals surface area contributed by atoms with Crippen molar-refractivity contribution in [2.75, 3.05) is 53.0 Å². The van der Waals surface area contributed by atoms with Gasteiger partial charge < -0.3 is 28.6 Å². The minimum Gasteiger partial charge on any atom is -0.454 e. The summed E-state index contributed by atoms with van der Waals surface area (Å²) in [6, 6.07) is 11.1. The van der Waals surface area contributed by atoms with Crippen LogP contribution in [0.5, 0.6) is 23.0 Å². The molecule has 158 valence electrons. The van der Waals surface area contributed by atoms with Gasteiger partial charge in [-0.25, -0.2) is 0 Å². The molecule has 1 fully saturated rings. The van der Waals surface area contributed by atoms with E-state index >= 15 is 0 Å². The van der Waals surface area contributed by atoms with E-state index in [9.17, 15) is 4.79 Å². The smallest absolute Gasteiger partial charge is 0.254 e. The first-order valence-corrected chi connectivity index (χ1v) is 10.1. The van der Waals surface area contributed by atoms with Gasteiger partial charge in [0.15, 0.2) is 23.0 Å². The SMILES string of the molecule is O=C(c1ccc2c(c1)OCO2)N(CCN1CCOCC1)Cc1cccc2c1OCO2. The standard InChI is InChI=1S/C22H24N2O6/c25-22(16-4-5-18-20(12-16)29-14-27-18)24(7-6-23-8-10-26-11-9-23)13-17-2-1-3-19-21(17)30-15-28-19/h1-5,12H,6-11,13-15H2. The van der Waals surface area contributed by atoms with Crippen LogP contribution in [0.4, 0.5) is 0 Å². The molecule has 2 aromatic rings. The molecule has 8 heteroatoms. The summed E-state index contributed by atoms with van der Waals surface area (Å²) >= 11 is 0. The number of hydrogen-bond donors (Lipinski definition) is 0.